The molecule has 0 N–H and O–H groups in total. The molecule has 2 fully saturated rings. The summed E-state index contributed by atoms with van der Waals surface area (Å²) in [5, 5.41) is 0.164. The second kappa shape index (κ2) is 11.9. The number of rotatable bonds is 6. The van der Waals surface area contributed by atoms with Gasteiger partial charge in [0.15, 0.2) is 10.9 Å². The minimum absolute atomic E-state index is 0.0188. The van der Waals surface area contributed by atoms with Crippen molar-refractivity contribution in [1.82, 2.24) is 4.90 Å². The Morgan fingerprint density at radius 1 is 0.860 bits per heavy atom. The van der Waals surface area contributed by atoms with Crippen LogP contribution in [-0.2, 0) is 4.79 Å². The number of benzene rings is 4. The van der Waals surface area contributed by atoms with E-state index in [1.165, 1.54) is 11.0 Å². The third kappa shape index (κ3) is 5.37. The molecule has 3 amide bonds. The Balaban J connectivity index is 1.40. The SMILES string of the molecule is O=C1[C@H]2CCCCN2C(=S)N1c1cc(Oc2ccccc2N(C(=O)c2ccccc2)C(=O)c2ccccc2)c(Cl)cc1F. The molecular weight excluding hydrogens is 589 g/mol. The van der Waals surface area contributed by atoms with Crippen LogP contribution in [-0.4, -0.2) is 40.3 Å². The van der Waals surface area contributed by atoms with Crippen molar-refractivity contribution < 1.29 is 23.5 Å². The molecule has 0 unspecified atom stereocenters. The number of nitrogens with zero attached hydrogens (tertiary/aromatic N) is 3. The first-order chi connectivity index (χ1) is 20.8. The van der Waals surface area contributed by atoms with Gasteiger partial charge in [0.1, 0.15) is 17.6 Å². The Morgan fingerprint density at radius 2 is 1.47 bits per heavy atom. The van der Waals surface area contributed by atoms with Gasteiger partial charge in [0.05, 0.1) is 16.4 Å². The van der Waals surface area contributed by atoms with Crippen molar-refractivity contribution in [3.05, 3.63) is 119 Å². The lowest BCUT2D eigenvalue weighted by atomic mass is 10.0. The Morgan fingerprint density at radius 3 is 2.09 bits per heavy atom. The van der Waals surface area contributed by atoms with Crippen molar-refractivity contribution in [1.29, 1.82) is 0 Å². The normalized spacial score (nSPS) is 16.2. The van der Waals surface area contributed by atoms with E-state index in [0.29, 0.717) is 24.1 Å². The number of carbonyl (C=O) groups excluding carboxylic acids is 3. The predicted molar refractivity (Wildman–Crippen MR) is 166 cm³/mol. The summed E-state index contributed by atoms with van der Waals surface area (Å²) >= 11 is 12.0. The minimum atomic E-state index is -0.735. The van der Waals surface area contributed by atoms with E-state index in [1.54, 1.807) is 84.9 Å². The quantitative estimate of drug-likeness (QED) is 0.169. The summed E-state index contributed by atoms with van der Waals surface area (Å²) in [7, 11) is 0. The number of hydrogen-bond donors (Lipinski definition) is 0. The molecule has 6 rings (SSSR count). The average Bonchev–Trinajstić information content (AvgIpc) is 3.29. The standard InChI is InChI=1S/C33H25ClFN3O4S/c34-23-19-24(35)27(38-32(41)26-16-9-10-18-36(26)33(38)43)20-29(23)42-28-17-8-7-15-25(28)37(30(39)21-11-3-1-4-12-21)31(40)22-13-5-2-6-14-22/h1-8,11-15,17,19-20,26H,9-10,16,18H2/t26-/m1/s1. The molecule has 4 aromatic rings. The number of anilines is 2. The molecule has 2 aliphatic rings. The first kappa shape index (κ1) is 28.5. The Hall–Kier alpha value is -4.60. The van der Waals surface area contributed by atoms with Crippen LogP contribution in [0.4, 0.5) is 15.8 Å². The number of para-hydroxylation sites is 2. The summed E-state index contributed by atoms with van der Waals surface area (Å²) in [6, 6.07) is 25.3. The van der Waals surface area contributed by atoms with Crippen molar-refractivity contribution in [2.75, 3.05) is 16.3 Å². The van der Waals surface area contributed by atoms with Gasteiger partial charge in [0.2, 0.25) is 0 Å². The molecule has 7 nitrogen and oxygen atoms in total. The van der Waals surface area contributed by atoms with Crippen LogP contribution in [0, 0.1) is 5.82 Å². The summed E-state index contributed by atoms with van der Waals surface area (Å²) in [6.07, 6.45) is 2.42. The highest BCUT2D eigenvalue weighted by Gasteiger charge is 2.45. The molecule has 216 valence electrons. The number of hydrogen-bond acceptors (Lipinski definition) is 5. The second-order valence-corrected chi connectivity index (χ2v) is 10.9. The van der Waals surface area contributed by atoms with Crippen LogP contribution in [0.3, 0.4) is 0 Å². The topological polar surface area (TPSA) is 70.2 Å². The van der Waals surface area contributed by atoms with Gasteiger partial charge in [-0.15, -0.1) is 0 Å². The third-order valence-electron chi connectivity index (χ3n) is 7.46. The third-order valence-corrected chi connectivity index (χ3v) is 8.17. The molecule has 0 radical (unpaired) electrons. The van der Waals surface area contributed by atoms with Crippen LogP contribution >= 0.6 is 23.8 Å². The Kier molecular flexibility index (Phi) is 7.92. The molecule has 2 aliphatic heterocycles. The molecule has 10 heteroatoms. The molecular formula is C33H25ClFN3O4S. The number of piperidine rings is 1. The predicted octanol–water partition coefficient (Wildman–Crippen LogP) is 7.24. The molecule has 4 aromatic carbocycles. The fraction of sp³-hybridized carbons (Fsp3) is 0.152. The molecule has 0 bridgehead atoms. The zero-order valence-electron chi connectivity index (χ0n) is 22.8. The molecule has 43 heavy (non-hydrogen) atoms. The van der Waals surface area contributed by atoms with Gasteiger partial charge in [-0.2, -0.15) is 0 Å². The molecule has 2 saturated heterocycles. The molecule has 0 saturated carbocycles. The highest BCUT2D eigenvalue weighted by molar-refractivity contribution is 7.80. The highest BCUT2D eigenvalue weighted by atomic mass is 35.5. The van der Waals surface area contributed by atoms with Crippen LogP contribution in [0.15, 0.2) is 97.1 Å². The van der Waals surface area contributed by atoms with E-state index in [9.17, 15) is 14.4 Å². The van der Waals surface area contributed by atoms with E-state index >= 15 is 4.39 Å². The zero-order chi connectivity index (χ0) is 30.1. The lowest BCUT2D eigenvalue weighted by Gasteiger charge is -2.28. The Bertz CT molecular complexity index is 1660. The maximum absolute atomic E-state index is 15.3. The van der Waals surface area contributed by atoms with E-state index in [0.717, 1.165) is 23.8 Å². The van der Waals surface area contributed by atoms with Gasteiger partial charge in [0.25, 0.3) is 17.7 Å². The molecule has 0 aromatic heterocycles. The van der Waals surface area contributed by atoms with Gasteiger partial charge < -0.3 is 9.64 Å². The number of imide groups is 1. The summed E-state index contributed by atoms with van der Waals surface area (Å²) in [6.45, 7) is 0.623. The molecule has 0 aliphatic carbocycles. The van der Waals surface area contributed by atoms with Gasteiger partial charge >= 0.3 is 0 Å². The summed E-state index contributed by atoms with van der Waals surface area (Å²) < 4.78 is 21.5. The number of thiocarbonyl (C=S) groups is 1. The molecule has 2 heterocycles. The number of fused-ring (bicyclic) bond motifs is 1. The smallest absolute Gasteiger partial charge is 0.265 e. The van der Waals surface area contributed by atoms with Crippen molar-refractivity contribution >= 4 is 58.0 Å². The van der Waals surface area contributed by atoms with Crippen molar-refractivity contribution in [3.63, 3.8) is 0 Å². The van der Waals surface area contributed by atoms with Crippen LogP contribution in [0.25, 0.3) is 0 Å². The van der Waals surface area contributed by atoms with Crippen molar-refractivity contribution in [2.45, 2.75) is 25.3 Å². The Labute approximate surface area is 258 Å². The number of carbonyl (C=O) groups is 3. The molecule has 0 spiro atoms. The van der Waals surface area contributed by atoms with Gasteiger partial charge in [-0.25, -0.2) is 9.29 Å². The van der Waals surface area contributed by atoms with Crippen LogP contribution in [0.5, 0.6) is 11.5 Å². The minimum Gasteiger partial charge on any atom is -0.454 e. The van der Waals surface area contributed by atoms with Gasteiger partial charge in [0, 0.05) is 23.7 Å². The maximum Gasteiger partial charge on any atom is 0.265 e. The first-order valence-corrected chi connectivity index (χ1v) is 14.5. The maximum atomic E-state index is 15.3. The lowest BCUT2D eigenvalue weighted by Crippen LogP contribution is -2.38. The average molecular weight is 614 g/mol. The number of amides is 3. The largest absolute Gasteiger partial charge is 0.454 e. The van der Waals surface area contributed by atoms with E-state index in [2.05, 4.69) is 0 Å². The van der Waals surface area contributed by atoms with E-state index < -0.39 is 23.7 Å². The van der Waals surface area contributed by atoms with Crippen molar-refractivity contribution in [3.8, 4) is 11.5 Å². The fourth-order valence-electron chi connectivity index (χ4n) is 5.36. The number of ether oxygens (including phenoxy) is 1. The van der Waals surface area contributed by atoms with Crippen molar-refractivity contribution in [2.24, 2.45) is 0 Å². The molecule has 1 atom stereocenters. The van der Waals surface area contributed by atoms with E-state index in [1.807, 2.05) is 4.90 Å². The van der Waals surface area contributed by atoms with Gasteiger partial charge in [-0.05, 0) is 73.9 Å². The van der Waals surface area contributed by atoms with Gasteiger partial charge in [-0.1, -0.05) is 60.1 Å². The number of halogens is 2. The van der Waals surface area contributed by atoms with Crippen LogP contribution < -0.4 is 14.5 Å². The van der Waals surface area contributed by atoms with Gasteiger partial charge in [-0.3, -0.25) is 19.3 Å². The van der Waals surface area contributed by atoms with E-state index in [-0.39, 0.29) is 38.9 Å². The summed E-state index contributed by atoms with van der Waals surface area (Å²) in [5.74, 6) is -2.04. The monoisotopic (exact) mass is 613 g/mol. The first-order valence-electron chi connectivity index (χ1n) is 13.7. The highest BCUT2D eigenvalue weighted by Crippen LogP contribution is 2.41. The zero-order valence-corrected chi connectivity index (χ0v) is 24.4. The summed E-state index contributed by atoms with van der Waals surface area (Å²) in [5.41, 5.74) is 0.651. The van der Waals surface area contributed by atoms with E-state index in [4.69, 9.17) is 28.6 Å². The second-order valence-electron chi connectivity index (χ2n) is 10.1. The summed E-state index contributed by atoms with van der Waals surface area (Å²) in [4.78, 5) is 45.0. The van der Waals surface area contributed by atoms with Crippen LogP contribution in [0.2, 0.25) is 5.02 Å². The fourth-order valence-corrected chi connectivity index (χ4v) is 5.95. The van der Waals surface area contributed by atoms with Crippen LogP contribution in [0.1, 0.15) is 40.0 Å². The lowest BCUT2D eigenvalue weighted by molar-refractivity contribution is -0.120.